The van der Waals surface area contributed by atoms with E-state index in [9.17, 15) is 4.79 Å². The van der Waals surface area contributed by atoms with E-state index in [4.69, 9.17) is 4.74 Å². The summed E-state index contributed by atoms with van der Waals surface area (Å²) >= 11 is 0. The van der Waals surface area contributed by atoms with Crippen LogP contribution in [0.25, 0.3) is 10.9 Å². The summed E-state index contributed by atoms with van der Waals surface area (Å²) in [6.45, 7) is 8.14. The van der Waals surface area contributed by atoms with Gasteiger partial charge in [-0.2, -0.15) is 0 Å². The number of piperidine rings is 1. The lowest BCUT2D eigenvalue weighted by Crippen LogP contribution is -2.50. The van der Waals surface area contributed by atoms with Gasteiger partial charge in [0.1, 0.15) is 5.69 Å². The Morgan fingerprint density at radius 2 is 2.03 bits per heavy atom. The maximum atomic E-state index is 13.2. The molecule has 3 fully saturated rings. The Hall–Kier alpha value is -1.89. The molecule has 4 heterocycles. The number of carbonyl (C=O) groups is 1. The van der Waals surface area contributed by atoms with Crippen molar-refractivity contribution in [3.05, 3.63) is 36.0 Å². The second kappa shape index (κ2) is 7.74. The second-order valence-electron chi connectivity index (χ2n) is 9.27. The monoisotopic (exact) mass is 396 g/mol. The van der Waals surface area contributed by atoms with Gasteiger partial charge < -0.3 is 24.4 Å². The molecule has 1 aromatic carbocycles. The van der Waals surface area contributed by atoms with Crippen LogP contribution < -0.4 is 0 Å². The minimum absolute atomic E-state index is 0.103. The Morgan fingerprint density at radius 3 is 2.86 bits per heavy atom. The number of nitrogens with one attached hydrogen (secondary N) is 1. The number of likely N-dealkylation sites (N-methyl/N-ethyl adjacent to an activating group) is 1. The molecule has 6 nitrogen and oxygen atoms in total. The number of benzene rings is 1. The third kappa shape index (κ3) is 3.93. The van der Waals surface area contributed by atoms with Gasteiger partial charge in [0, 0.05) is 50.2 Å². The summed E-state index contributed by atoms with van der Waals surface area (Å²) in [5.74, 6) is 0.688. The van der Waals surface area contributed by atoms with Crippen LogP contribution >= 0.6 is 0 Å². The van der Waals surface area contributed by atoms with Crippen molar-refractivity contribution in [3.8, 4) is 0 Å². The molecule has 0 bridgehead atoms. The number of rotatable bonds is 3. The zero-order valence-corrected chi connectivity index (χ0v) is 17.4. The molecular weight excluding hydrogens is 364 g/mol. The molecular formula is C23H32N4O2. The molecule has 0 aliphatic carbocycles. The van der Waals surface area contributed by atoms with E-state index in [0.29, 0.717) is 11.6 Å². The van der Waals surface area contributed by atoms with Gasteiger partial charge in [0.2, 0.25) is 0 Å². The van der Waals surface area contributed by atoms with Gasteiger partial charge in [-0.25, -0.2) is 0 Å². The van der Waals surface area contributed by atoms with E-state index in [1.54, 1.807) is 0 Å². The van der Waals surface area contributed by atoms with Gasteiger partial charge in [-0.3, -0.25) is 4.79 Å². The topological polar surface area (TPSA) is 51.8 Å². The number of aromatic amines is 1. The van der Waals surface area contributed by atoms with Gasteiger partial charge in [-0.1, -0.05) is 18.2 Å². The fourth-order valence-corrected chi connectivity index (χ4v) is 5.37. The lowest BCUT2D eigenvalue weighted by atomic mass is 9.86. The third-order valence-electron chi connectivity index (χ3n) is 6.99. The quantitative estimate of drug-likeness (QED) is 0.866. The fraction of sp³-hybridized carbons (Fsp3) is 0.609. The van der Waals surface area contributed by atoms with E-state index in [1.165, 1.54) is 0 Å². The van der Waals surface area contributed by atoms with Crippen LogP contribution in [-0.2, 0) is 4.74 Å². The van der Waals surface area contributed by atoms with Crippen LogP contribution in [0.5, 0.6) is 0 Å². The molecule has 0 saturated carbocycles. The smallest absolute Gasteiger partial charge is 0.270 e. The minimum Gasteiger partial charge on any atom is -0.373 e. The number of para-hydroxylation sites is 1. The van der Waals surface area contributed by atoms with Gasteiger partial charge in [0.25, 0.3) is 5.91 Å². The summed E-state index contributed by atoms with van der Waals surface area (Å²) in [7, 11) is 2.20. The van der Waals surface area contributed by atoms with Crippen LogP contribution in [0.3, 0.4) is 0 Å². The number of hydrogen-bond donors (Lipinski definition) is 1. The lowest BCUT2D eigenvalue weighted by Gasteiger charge is -2.40. The maximum Gasteiger partial charge on any atom is 0.270 e. The number of H-pyrrole nitrogens is 1. The van der Waals surface area contributed by atoms with Crippen molar-refractivity contribution in [2.24, 2.45) is 5.92 Å². The minimum atomic E-state index is -0.142. The van der Waals surface area contributed by atoms with Gasteiger partial charge in [-0.05, 0) is 44.4 Å². The standard InChI is InChI=1S/C23H32N4O2/c1-25-9-11-26(12-10-25)15-18-14-23(29-16-18)7-4-8-27(17-23)22(28)21-13-19-5-2-3-6-20(19)24-21/h2-3,5-6,13,18,24H,4,7-12,14-17H2,1H3/t18-,23+/m0/s1. The predicted molar refractivity (Wildman–Crippen MR) is 114 cm³/mol. The van der Waals surface area contributed by atoms with Crippen molar-refractivity contribution in [2.75, 3.05) is 59.5 Å². The van der Waals surface area contributed by atoms with Crippen molar-refractivity contribution in [3.63, 3.8) is 0 Å². The van der Waals surface area contributed by atoms with Crippen molar-refractivity contribution < 1.29 is 9.53 Å². The highest BCUT2D eigenvalue weighted by Crippen LogP contribution is 2.38. The van der Waals surface area contributed by atoms with Crippen molar-refractivity contribution >= 4 is 16.8 Å². The van der Waals surface area contributed by atoms with Crippen molar-refractivity contribution in [1.82, 2.24) is 19.7 Å². The van der Waals surface area contributed by atoms with E-state index < -0.39 is 0 Å². The molecule has 1 amide bonds. The SMILES string of the molecule is CN1CCN(C[C@H]2CO[C@]3(CCCN(C(=O)c4cc5ccccc5[nH]4)C3)C2)CC1. The Bertz CT molecular complexity index is 840. The highest BCUT2D eigenvalue weighted by Gasteiger charge is 2.45. The summed E-state index contributed by atoms with van der Waals surface area (Å²) in [6, 6.07) is 10.0. The van der Waals surface area contributed by atoms with E-state index in [0.717, 1.165) is 82.6 Å². The zero-order valence-electron chi connectivity index (χ0n) is 17.4. The van der Waals surface area contributed by atoms with Crippen LogP contribution in [0.2, 0.25) is 0 Å². The maximum absolute atomic E-state index is 13.2. The summed E-state index contributed by atoms with van der Waals surface area (Å²) < 4.78 is 6.39. The van der Waals surface area contributed by atoms with Crippen molar-refractivity contribution in [1.29, 1.82) is 0 Å². The molecule has 1 aromatic heterocycles. The molecule has 2 atom stereocenters. The highest BCUT2D eigenvalue weighted by atomic mass is 16.5. The van der Waals surface area contributed by atoms with Gasteiger partial charge in [0.05, 0.1) is 18.8 Å². The number of nitrogens with zero attached hydrogens (tertiary/aromatic N) is 3. The number of piperazine rings is 1. The summed E-state index contributed by atoms with van der Waals surface area (Å²) in [4.78, 5) is 23.5. The molecule has 0 unspecified atom stereocenters. The first kappa shape index (κ1) is 19.1. The summed E-state index contributed by atoms with van der Waals surface area (Å²) in [5.41, 5.74) is 1.57. The molecule has 3 aliphatic heterocycles. The van der Waals surface area contributed by atoms with Gasteiger partial charge in [0.15, 0.2) is 0 Å². The number of carbonyl (C=O) groups excluding carboxylic acids is 1. The molecule has 1 N–H and O–H groups in total. The zero-order chi connectivity index (χ0) is 19.8. The fourth-order valence-electron chi connectivity index (χ4n) is 5.37. The normalized spacial score (nSPS) is 29.1. The first-order chi connectivity index (χ1) is 14.1. The van der Waals surface area contributed by atoms with Gasteiger partial charge >= 0.3 is 0 Å². The van der Waals surface area contributed by atoms with Crippen LogP contribution in [-0.4, -0.2) is 90.7 Å². The first-order valence-corrected chi connectivity index (χ1v) is 11.0. The number of aromatic nitrogens is 1. The Balaban J connectivity index is 1.22. The second-order valence-corrected chi connectivity index (χ2v) is 9.27. The Kier molecular flexibility index (Phi) is 5.10. The molecule has 156 valence electrons. The Morgan fingerprint density at radius 1 is 1.21 bits per heavy atom. The molecule has 1 spiro atoms. The van der Waals surface area contributed by atoms with E-state index in [-0.39, 0.29) is 11.5 Å². The number of ether oxygens (including phenoxy) is 1. The highest BCUT2D eigenvalue weighted by molar-refractivity contribution is 5.98. The average molecular weight is 397 g/mol. The molecule has 29 heavy (non-hydrogen) atoms. The Labute approximate surface area is 172 Å². The summed E-state index contributed by atoms with van der Waals surface area (Å²) in [6.07, 6.45) is 3.17. The third-order valence-corrected chi connectivity index (χ3v) is 6.99. The van der Waals surface area contributed by atoms with Crippen LogP contribution in [0.4, 0.5) is 0 Å². The van der Waals surface area contributed by atoms with Crippen LogP contribution in [0, 0.1) is 5.92 Å². The number of fused-ring (bicyclic) bond motifs is 1. The number of hydrogen-bond acceptors (Lipinski definition) is 4. The number of amides is 1. The number of likely N-dealkylation sites (tertiary alicyclic amines) is 1. The molecule has 6 heteroatoms. The molecule has 2 aromatic rings. The predicted octanol–water partition coefficient (Wildman–Crippen LogP) is 2.43. The molecule has 5 rings (SSSR count). The van der Waals surface area contributed by atoms with Gasteiger partial charge in [-0.15, -0.1) is 0 Å². The lowest BCUT2D eigenvalue weighted by molar-refractivity contribution is -0.0451. The van der Waals surface area contributed by atoms with E-state index in [1.807, 2.05) is 35.2 Å². The molecule has 3 saturated heterocycles. The first-order valence-electron chi connectivity index (χ1n) is 11.0. The summed E-state index contributed by atoms with van der Waals surface area (Å²) in [5, 5.41) is 1.09. The van der Waals surface area contributed by atoms with E-state index in [2.05, 4.69) is 21.8 Å². The van der Waals surface area contributed by atoms with E-state index >= 15 is 0 Å². The largest absolute Gasteiger partial charge is 0.373 e. The van der Waals surface area contributed by atoms with Crippen LogP contribution in [0.15, 0.2) is 30.3 Å². The average Bonchev–Trinajstić information content (AvgIpc) is 3.33. The molecule has 0 radical (unpaired) electrons. The van der Waals surface area contributed by atoms with Crippen LogP contribution in [0.1, 0.15) is 29.8 Å². The van der Waals surface area contributed by atoms with Crippen molar-refractivity contribution in [2.45, 2.75) is 24.9 Å². The molecule has 3 aliphatic rings.